The number of nitrogens with zero attached hydrogens (tertiary/aromatic N) is 3. The van der Waals surface area contributed by atoms with E-state index in [1.54, 1.807) is 18.3 Å². The predicted octanol–water partition coefficient (Wildman–Crippen LogP) is 2.51. The van der Waals surface area contributed by atoms with Gasteiger partial charge in [0.05, 0.1) is 30.2 Å². The zero-order valence-corrected chi connectivity index (χ0v) is 18.8. The largest absolute Gasteiger partial charge is 0.390 e. The maximum Gasteiger partial charge on any atom is 0.284 e. The molecule has 2 aromatic heterocycles. The van der Waals surface area contributed by atoms with Gasteiger partial charge in [0.25, 0.3) is 11.5 Å². The Morgan fingerprint density at radius 1 is 1.20 bits per heavy atom. The number of aromatic nitrogens is 3. The molecule has 35 heavy (non-hydrogen) atoms. The zero-order chi connectivity index (χ0) is 24.6. The van der Waals surface area contributed by atoms with Crippen molar-refractivity contribution < 1.29 is 24.1 Å². The first-order valence-corrected chi connectivity index (χ1v) is 11.5. The lowest BCUT2D eigenvalue weighted by atomic mass is 9.74. The number of carbonyl (C=O) groups excluding carboxylic acids is 1. The van der Waals surface area contributed by atoms with Crippen LogP contribution in [-0.4, -0.2) is 48.7 Å². The molecule has 1 saturated heterocycles. The first kappa shape index (κ1) is 23.3. The van der Waals surface area contributed by atoms with E-state index in [-0.39, 0.29) is 17.7 Å². The van der Waals surface area contributed by atoms with E-state index in [1.165, 1.54) is 36.7 Å². The van der Waals surface area contributed by atoms with Gasteiger partial charge in [0.1, 0.15) is 22.7 Å². The Morgan fingerprint density at radius 3 is 2.86 bits per heavy atom. The molecule has 1 aliphatic carbocycles. The van der Waals surface area contributed by atoms with Crippen LogP contribution in [0.4, 0.5) is 10.1 Å². The van der Waals surface area contributed by atoms with Gasteiger partial charge in [-0.15, -0.1) is 0 Å². The third-order valence-corrected chi connectivity index (χ3v) is 6.82. The number of aliphatic hydroxyl groups is 2. The normalized spacial score (nSPS) is 26.1. The van der Waals surface area contributed by atoms with Gasteiger partial charge in [0, 0.05) is 24.4 Å². The molecule has 3 N–H and O–H groups in total. The molecule has 1 amide bonds. The molecule has 0 spiro atoms. The maximum atomic E-state index is 14.2. The van der Waals surface area contributed by atoms with Crippen molar-refractivity contribution in [3.8, 4) is 5.69 Å². The molecule has 182 valence electrons. The first-order valence-electron chi connectivity index (χ1n) is 11.5. The van der Waals surface area contributed by atoms with E-state index in [0.717, 1.165) is 17.5 Å². The number of ether oxygens (including phenoxy) is 1. The van der Waals surface area contributed by atoms with E-state index in [9.17, 15) is 24.2 Å². The average Bonchev–Trinajstić information content (AvgIpc) is 2.85. The van der Waals surface area contributed by atoms with Crippen LogP contribution in [0.5, 0.6) is 0 Å². The van der Waals surface area contributed by atoms with Crippen LogP contribution in [0.3, 0.4) is 0 Å². The third-order valence-electron chi connectivity index (χ3n) is 6.82. The number of halogens is 1. The van der Waals surface area contributed by atoms with Crippen molar-refractivity contribution in [1.82, 2.24) is 14.8 Å². The predicted molar refractivity (Wildman–Crippen MR) is 124 cm³/mol. The summed E-state index contributed by atoms with van der Waals surface area (Å²) >= 11 is 0. The summed E-state index contributed by atoms with van der Waals surface area (Å²) in [7, 11) is 0. The second kappa shape index (κ2) is 9.29. The number of hydrogen-bond donors (Lipinski definition) is 3. The van der Waals surface area contributed by atoms with Crippen LogP contribution in [0, 0.1) is 5.82 Å². The molecule has 3 aromatic rings. The van der Waals surface area contributed by atoms with Crippen molar-refractivity contribution in [2.75, 3.05) is 5.32 Å². The molecule has 9 nitrogen and oxygen atoms in total. The van der Waals surface area contributed by atoms with Crippen LogP contribution in [0.25, 0.3) is 5.69 Å². The standard InChI is InChI=1S/C25H25FN4O5/c26-17-5-1-2-6-19(17)30-24(33)16(9-12-28-30)23(32)29-18-14-27-11-8-15(18)20-13-21(31)25(34)10-4-3-7-22(25)35-20/h1-2,5-6,8-9,11-12,14,20-22,31,34H,3-4,7,10,13H2,(H,29,32)/t20-,21-,22-,25+/m0/s1. The molecule has 2 aliphatic rings. The van der Waals surface area contributed by atoms with Gasteiger partial charge in [-0.1, -0.05) is 25.0 Å². The summed E-state index contributed by atoms with van der Waals surface area (Å²) in [6, 6.07) is 8.57. The number of aliphatic hydroxyl groups excluding tert-OH is 1. The Morgan fingerprint density at radius 2 is 2.03 bits per heavy atom. The summed E-state index contributed by atoms with van der Waals surface area (Å²) < 4.78 is 21.2. The minimum absolute atomic E-state index is 0.0706. The van der Waals surface area contributed by atoms with Gasteiger partial charge in [-0.25, -0.2) is 4.39 Å². The summed E-state index contributed by atoms with van der Waals surface area (Å²) in [5.41, 5.74) is -1.48. The van der Waals surface area contributed by atoms with Crippen LogP contribution in [0.15, 0.2) is 59.8 Å². The average molecular weight is 480 g/mol. The minimum atomic E-state index is -1.28. The van der Waals surface area contributed by atoms with Gasteiger partial charge in [-0.2, -0.15) is 9.78 Å². The van der Waals surface area contributed by atoms with Gasteiger partial charge >= 0.3 is 0 Å². The van der Waals surface area contributed by atoms with Gasteiger partial charge < -0.3 is 20.3 Å². The van der Waals surface area contributed by atoms with Gasteiger partial charge in [-0.3, -0.25) is 14.6 Å². The lowest BCUT2D eigenvalue weighted by Gasteiger charge is -2.49. The third kappa shape index (κ3) is 4.24. The molecule has 2 fully saturated rings. The Labute approximate surface area is 200 Å². The monoisotopic (exact) mass is 480 g/mol. The van der Waals surface area contributed by atoms with Crippen molar-refractivity contribution in [3.05, 3.63) is 82.3 Å². The van der Waals surface area contributed by atoms with E-state index in [4.69, 9.17) is 4.74 Å². The molecular formula is C25H25FN4O5. The van der Waals surface area contributed by atoms with Crippen LogP contribution in [0.2, 0.25) is 0 Å². The Balaban J connectivity index is 1.42. The minimum Gasteiger partial charge on any atom is -0.390 e. The van der Waals surface area contributed by atoms with E-state index in [2.05, 4.69) is 15.4 Å². The number of carbonyl (C=O) groups is 1. The zero-order valence-electron chi connectivity index (χ0n) is 18.8. The summed E-state index contributed by atoms with van der Waals surface area (Å²) in [5, 5.41) is 28.3. The number of rotatable bonds is 4. The van der Waals surface area contributed by atoms with Crippen molar-refractivity contribution in [1.29, 1.82) is 0 Å². The number of hydrogen-bond acceptors (Lipinski definition) is 7. The SMILES string of the molecule is O=C(Nc1cnccc1[C@@H]1C[C@H](O)[C@]2(O)CCCC[C@@H]2O1)c1ccnn(-c2ccccc2F)c1=O. The molecular weight excluding hydrogens is 455 g/mol. The van der Waals surface area contributed by atoms with Crippen LogP contribution < -0.4 is 10.9 Å². The quantitative estimate of drug-likeness (QED) is 0.524. The number of benzene rings is 1. The van der Waals surface area contributed by atoms with E-state index in [0.29, 0.717) is 24.1 Å². The Hall–Kier alpha value is -3.47. The highest BCUT2D eigenvalue weighted by Crippen LogP contribution is 2.45. The molecule has 10 heteroatoms. The van der Waals surface area contributed by atoms with Gasteiger partial charge in [-0.05, 0) is 37.1 Å². The second-order valence-electron chi connectivity index (χ2n) is 8.93. The molecule has 0 radical (unpaired) electrons. The van der Waals surface area contributed by atoms with Gasteiger partial charge in [0.2, 0.25) is 0 Å². The molecule has 0 bridgehead atoms. The molecule has 1 aliphatic heterocycles. The van der Waals surface area contributed by atoms with Crippen molar-refractivity contribution in [2.45, 2.75) is 56.0 Å². The van der Waals surface area contributed by atoms with Crippen molar-refractivity contribution in [2.24, 2.45) is 0 Å². The highest BCUT2D eigenvalue weighted by molar-refractivity contribution is 6.04. The lowest BCUT2D eigenvalue weighted by Crippen LogP contribution is -2.58. The number of anilines is 1. The Bertz CT molecular complexity index is 1310. The first-order chi connectivity index (χ1) is 16.9. The fraction of sp³-hybridized carbons (Fsp3) is 0.360. The molecule has 3 heterocycles. The topological polar surface area (TPSA) is 127 Å². The number of para-hydroxylation sites is 1. The van der Waals surface area contributed by atoms with Gasteiger partial charge in [0.15, 0.2) is 0 Å². The highest BCUT2D eigenvalue weighted by atomic mass is 19.1. The van der Waals surface area contributed by atoms with Crippen molar-refractivity contribution >= 4 is 11.6 Å². The van der Waals surface area contributed by atoms with Crippen LogP contribution >= 0.6 is 0 Å². The summed E-state index contributed by atoms with van der Waals surface area (Å²) in [6.07, 6.45) is 5.11. The molecule has 1 saturated carbocycles. The fourth-order valence-corrected chi connectivity index (χ4v) is 4.94. The highest BCUT2D eigenvalue weighted by Gasteiger charge is 2.51. The molecule has 1 aromatic carbocycles. The smallest absolute Gasteiger partial charge is 0.284 e. The fourth-order valence-electron chi connectivity index (χ4n) is 4.94. The van der Waals surface area contributed by atoms with E-state index in [1.807, 2.05) is 0 Å². The number of amides is 1. The number of nitrogens with one attached hydrogen (secondary N) is 1. The van der Waals surface area contributed by atoms with Crippen LogP contribution in [-0.2, 0) is 4.74 Å². The van der Waals surface area contributed by atoms with Crippen LogP contribution in [0.1, 0.15) is 54.1 Å². The summed E-state index contributed by atoms with van der Waals surface area (Å²) in [5.74, 6) is -1.37. The number of fused-ring (bicyclic) bond motifs is 1. The maximum absolute atomic E-state index is 14.2. The Kier molecular flexibility index (Phi) is 6.18. The second-order valence-corrected chi connectivity index (χ2v) is 8.93. The summed E-state index contributed by atoms with van der Waals surface area (Å²) in [4.78, 5) is 30.1. The molecule has 0 unspecified atom stereocenters. The van der Waals surface area contributed by atoms with E-state index < -0.39 is 41.2 Å². The molecule has 5 rings (SSSR count). The molecule has 4 atom stereocenters. The lowest BCUT2D eigenvalue weighted by molar-refractivity contribution is -0.242. The van der Waals surface area contributed by atoms with E-state index >= 15 is 0 Å². The summed E-state index contributed by atoms with van der Waals surface area (Å²) in [6.45, 7) is 0. The van der Waals surface area contributed by atoms with Crippen molar-refractivity contribution in [3.63, 3.8) is 0 Å². The number of pyridine rings is 1.